The van der Waals surface area contributed by atoms with Crippen LogP contribution in [-0.4, -0.2) is 30.9 Å². The molecular weight excluding hydrogens is 202 g/mol. The fourth-order valence-electron chi connectivity index (χ4n) is 2.20. The van der Waals surface area contributed by atoms with Gasteiger partial charge in [-0.1, -0.05) is 0 Å². The van der Waals surface area contributed by atoms with Gasteiger partial charge in [0.2, 0.25) is 0 Å². The minimum Gasteiger partial charge on any atom is -0.497 e. The number of carbonyl (C=O) groups is 1. The number of likely N-dealkylation sites (N-methyl/N-ethyl adjacent to an activating group) is 1. The number of ketones is 1. The summed E-state index contributed by atoms with van der Waals surface area (Å²) >= 11 is 0. The zero-order chi connectivity index (χ0) is 11.9. The van der Waals surface area contributed by atoms with Gasteiger partial charge in [-0.25, -0.2) is 0 Å². The van der Waals surface area contributed by atoms with Gasteiger partial charge >= 0.3 is 0 Å². The van der Waals surface area contributed by atoms with E-state index in [1.165, 1.54) is 0 Å². The number of methoxy groups -OCH3 is 1. The minimum absolute atomic E-state index is 0.0455. The molecule has 3 heteroatoms. The topological polar surface area (TPSA) is 29.5 Å². The molecule has 0 spiro atoms. The largest absolute Gasteiger partial charge is 0.497 e. The maximum atomic E-state index is 12.1. The van der Waals surface area contributed by atoms with Crippen LogP contribution >= 0.6 is 0 Å². The number of ether oxygens (including phenoxy) is 1. The summed E-state index contributed by atoms with van der Waals surface area (Å²) in [5.41, 5.74) is 1.89. The molecule has 0 radical (unpaired) electrons. The summed E-state index contributed by atoms with van der Waals surface area (Å²) in [4.78, 5) is 14.2. The summed E-state index contributed by atoms with van der Waals surface area (Å²) in [6.07, 6.45) is 0. The third-order valence-electron chi connectivity index (χ3n) is 3.58. The number of Topliss-reactive ketones (excluding diaryl/α,β-unsaturated/α-hetero) is 1. The van der Waals surface area contributed by atoms with Gasteiger partial charge in [-0.3, -0.25) is 9.69 Å². The Morgan fingerprint density at radius 2 is 1.94 bits per heavy atom. The molecule has 86 valence electrons. The lowest BCUT2D eigenvalue weighted by Gasteiger charge is -2.36. The van der Waals surface area contributed by atoms with Crippen LogP contribution in [0.3, 0.4) is 0 Å². The van der Waals surface area contributed by atoms with Crippen LogP contribution in [0.25, 0.3) is 0 Å². The van der Waals surface area contributed by atoms with Gasteiger partial charge in [0.05, 0.1) is 13.2 Å². The Morgan fingerprint density at radius 3 is 2.56 bits per heavy atom. The molecule has 2 unspecified atom stereocenters. The van der Waals surface area contributed by atoms with Crippen molar-refractivity contribution >= 4 is 5.78 Å². The highest BCUT2D eigenvalue weighted by Crippen LogP contribution is 2.33. The highest BCUT2D eigenvalue weighted by molar-refractivity contribution is 6.02. The average molecular weight is 219 g/mol. The summed E-state index contributed by atoms with van der Waals surface area (Å²) in [6, 6.07) is 5.88. The molecule has 0 saturated carbocycles. The van der Waals surface area contributed by atoms with Crippen molar-refractivity contribution in [2.24, 2.45) is 0 Å². The Hall–Kier alpha value is -1.35. The predicted molar refractivity (Wildman–Crippen MR) is 63.0 cm³/mol. The van der Waals surface area contributed by atoms with Crippen molar-refractivity contribution in [3.8, 4) is 5.75 Å². The Labute approximate surface area is 96.0 Å². The molecule has 0 fully saturated rings. The van der Waals surface area contributed by atoms with Gasteiger partial charge in [-0.2, -0.15) is 0 Å². The molecule has 1 heterocycles. The number of nitrogens with zero attached hydrogens (tertiary/aromatic N) is 1. The number of fused-ring (bicyclic) bond motifs is 1. The zero-order valence-corrected chi connectivity index (χ0v) is 10.2. The van der Waals surface area contributed by atoms with E-state index < -0.39 is 0 Å². The normalized spacial score (nSPS) is 25.4. The predicted octanol–water partition coefficient (Wildman–Crippen LogP) is 2.27. The second-order valence-electron chi connectivity index (χ2n) is 4.33. The van der Waals surface area contributed by atoms with Crippen LogP contribution in [0.1, 0.15) is 35.8 Å². The first-order valence-corrected chi connectivity index (χ1v) is 5.50. The van der Waals surface area contributed by atoms with E-state index in [0.29, 0.717) is 0 Å². The first-order valence-electron chi connectivity index (χ1n) is 5.50. The molecular formula is C13H17NO2. The van der Waals surface area contributed by atoms with Crippen LogP contribution in [0.15, 0.2) is 18.2 Å². The minimum atomic E-state index is -0.0455. The molecule has 2 atom stereocenters. The van der Waals surface area contributed by atoms with Crippen LogP contribution in [-0.2, 0) is 0 Å². The molecule has 1 aliphatic heterocycles. The maximum Gasteiger partial charge on any atom is 0.180 e. The van der Waals surface area contributed by atoms with Crippen LogP contribution in [0.5, 0.6) is 5.75 Å². The number of hydrogen-bond donors (Lipinski definition) is 0. The Bertz CT molecular complexity index is 428. The van der Waals surface area contributed by atoms with Gasteiger partial charge in [0.15, 0.2) is 5.78 Å². The summed E-state index contributed by atoms with van der Waals surface area (Å²) in [6.45, 7) is 4.06. The van der Waals surface area contributed by atoms with Crippen LogP contribution in [0.4, 0.5) is 0 Å². The van der Waals surface area contributed by atoms with E-state index in [-0.39, 0.29) is 17.9 Å². The molecule has 1 aromatic rings. The number of hydrogen-bond acceptors (Lipinski definition) is 3. The van der Waals surface area contributed by atoms with E-state index in [2.05, 4.69) is 11.8 Å². The fraction of sp³-hybridized carbons (Fsp3) is 0.462. The van der Waals surface area contributed by atoms with Crippen molar-refractivity contribution < 1.29 is 9.53 Å². The second kappa shape index (κ2) is 3.91. The van der Waals surface area contributed by atoms with Gasteiger partial charge in [0.25, 0.3) is 0 Å². The van der Waals surface area contributed by atoms with Gasteiger partial charge in [-0.15, -0.1) is 0 Å². The van der Waals surface area contributed by atoms with Crippen molar-refractivity contribution in [2.75, 3.05) is 14.2 Å². The lowest BCUT2D eigenvalue weighted by atomic mass is 9.89. The van der Waals surface area contributed by atoms with Crippen LogP contribution in [0, 0.1) is 0 Å². The van der Waals surface area contributed by atoms with Gasteiger partial charge in [0.1, 0.15) is 5.75 Å². The Morgan fingerprint density at radius 1 is 1.25 bits per heavy atom. The zero-order valence-electron chi connectivity index (χ0n) is 10.2. The first kappa shape index (κ1) is 11.1. The van der Waals surface area contributed by atoms with Gasteiger partial charge < -0.3 is 4.74 Å². The molecule has 0 bridgehead atoms. The van der Waals surface area contributed by atoms with Crippen molar-refractivity contribution in [1.29, 1.82) is 0 Å². The van der Waals surface area contributed by atoms with Gasteiger partial charge in [-0.05, 0) is 44.7 Å². The molecule has 0 N–H and O–H groups in total. The number of benzene rings is 1. The van der Waals surface area contributed by atoms with E-state index in [1.807, 2.05) is 32.2 Å². The monoisotopic (exact) mass is 219 g/mol. The van der Waals surface area contributed by atoms with E-state index in [1.54, 1.807) is 7.11 Å². The molecule has 16 heavy (non-hydrogen) atoms. The summed E-state index contributed by atoms with van der Waals surface area (Å²) < 4.78 is 5.20. The van der Waals surface area contributed by atoms with Crippen molar-refractivity contribution in [2.45, 2.75) is 25.9 Å². The third-order valence-corrected chi connectivity index (χ3v) is 3.58. The molecule has 2 rings (SSSR count). The molecule has 1 aromatic carbocycles. The maximum absolute atomic E-state index is 12.1. The van der Waals surface area contributed by atoms with E-state index >= 15 is 0 Å². The second-order valence-corrected chi connectivity index (χ2v) is 4.33. The fourth-order valence-corrected chi connectivity index (χ4v) is 2.20. The average Bonchev–Trinajstić information content (AvgIpc) is 2.33. The van der Waals surface area contributed by atoms with E-state index in [4.69, 9.17) is 4.74 Å². The molecule has 0 amide bonds. The highest BCUT2D eigenvalue weighted by atomic mass is 16.5. The van der Waals surface area contributed by atoms with Crippen LogP contribution in [0.2, 0.25) is 0 Å². The SMILES string of the molecule is COc1ccc2c(c1)C(C)N(C)C(C)C2=O. The summed E-state index contributed by atoms with van der Waals surface area (Å²) in [5.74, 6) is 1.000. The van der Waals surface area contributed by atoms with Crippen molar-refractivity contribution in [3.63, 3.8) is 0 Å². The molecule has 0 saturated heterocycles. The quantitative estimate of drug-likeness (QED) is 0.725. The Kier molecular flexibility index (Phi) is 2.72. The van der Waals surface area contributed by atoms with E-state index in [9.17, 15) is 4.79 Å². The third kappa shape index (κ3) is 1.52. The molecule has 0 aromatic heterocycles. The van der Waals surface area contributed by atoms with Crippen molar-refractivity contribution in [1.82, 2.24) is 4.90 Å². The van der Waals surface area contributed by atoms with Gasteiger partial charge in [0, 0.05) is 11.6 Å². The van der Waals surface area contributed by atoms with Crippen LogP contribution < -0.4 is 4.74 Å². The molecule has 3 nitrogen and oxygen atoms in total. The smallest absolute Gasteiger partial charge is 0.180 e. The number of carbonyl (C=O) groups excluding carboxylic acids is 1. The lowest BCUT2D eigenvalue weighted by molar-refractivity contribution is 0.0784. The van der Waals surface area contributed by atoms with Crippen molar-refractivity contribution in [3.05, 3.63) is 29.3 Å². The van der Waals surface area contributed by atoms with E-state index in [0.717, 1.165) is 16.9 Å². The molecule has 1 aliphatic rings. The summed E-state index contributed by atoms with van der Waals surface area (Å²) in [5, 5.41) is 0. The lowest BCUT2D eigenvalue weighted by Crippen LogP contribution is -2.42. The Balaban J connectivity index is 2.54. The number of rotatable bonds is 1. The highest BCUT2D eigenvalue weighted by Gasteiger charge is 2.32. The molecule has 0 aliphatic carbocycles. The first-order chi connectivity index (χ1) is 7.56. The standard InChI is InChI=1S/C13H17NO2/c1-8-12-7-10(16-4)5-6-11(12)13(15)9(2)14(8)3/h5-9H,1-4H3. The summed E-state index contributed by atoms with van der Waals surface area (Å²) in [7, 11) is 3.62.